The highest BCUT2D eigenvalue weighted by atomic mass is 32.1. The highest BCUT2D eigenvalue weighted by molar-refractivity contribution is 7.12. The summed E-state index contributed by atoms with van der Waals surface area (Å²) in [6.45, 7) is 2.84. The SMILES string of the molecule is CCc1ccc(C2C=C(N)ON2Cc2ccc(OC)cc2)s1. The van der Waals surface area contributed by atoms with E-state index in [-0.39, 0.29) is 6.04 Å². The number of benzene rings is 1. The molecule has 2 aromatic rings. The van der Waals surface area contributed by atoms with Crippen LogP contribution in [-0.4, -0.2) is 12.2 Å². The lowest BCUT2D eigenvalue weighted by Crippen LogP contribution is -2.22. The topological polar surface area (TPSA) is 47.7 Å². The zero-order valence-corrected chi connectivity index (χ0v) is 13.6. The molecule has 1 aromatic heterocycles. The maximum absolute atomic E-state index is 5.87. The third kappa shape index (κ3) is 3.10. The van der Waals surface area contributed by atoms with Crippen LogP contribution >= 0.6 is 11.3 Å². The largest absolute Gasteiger partial charge is 0.497 e. The number of rotatable bonds is 5. The van der Waals surface area contributed by atoms with E-state index in [0.29, 0.717) is 12.4 Å². The van der Waals surface area contributed by atoms with E-state index in [0.717, 1.165) is 17.7 Å². The van der Waals surface area contributed by atoms with Crippen molar-refractivity contribution < 1.29 is 9.57 Å². The molecule has 1 unspecified atom stereocenters. The van der Waals surface area contributed by atoms with Gasteiger partial charge < -0.3 is 15.3 Å². The molecule has 0 saturated heterocycles. The van der Waals surface area contributed by atoms with Crippen molar-refractivity contribution in [2.45, 2.75) is 25.9 Å². The van der Waals surface area contributed by atoms with E-state index in [4.69, 9.17) is 15.3 Å². The number of thiophene rings is 1. The van der Waals surface area contributed by atoms with Crippen molar-refractivity contribution >= 4 is 11.3 Å². The van der Waals surface area contributed by atoms with Gasteiger partial charge >= 0.3 is 0 Å². The van der Waals surface area contributed by atoms with E-state index in [1.165, 1.54) is 9.75 Å². The number of hydrogen-bond donors (Lipinski definition) is 1. The highest BCUT2D eigenvalue weighted by Crippen LogP contribution is 2.35. The van der Waals surface area contributed by atoms with Gasteiger partial charge in [-0.3, -0.25) is 0 Å². The van der Waals surface area contributed by atoms with Gasteiger partial charge in [0.15, 0.2) is 0 Å². The molecule has 0 radical (unpaired) electrons. The standard InChI is InChI=1S/C17H20N2O2S/c1-3-14-8-9-16(22-14)15-10-17(18)21-19(15)11-12-4-6-13(20-2)7-5-12/h4-10,15H,3,11,18H2,1-2H3. The lowest BCUT2D eigenvalue weighted by atomic mass is 10.2. The van der Waals surface area contributed by atoms with Gasteiger partial charge in [0.1, 0.15) is 11.8 Å². The molecule has 0 bridgehead atoms. The second-order valence-corrected chi connectivity index (χ2v) is 6.39. The van der Waals surface area contributed by atoms with Crippen molar-refractivity contribution in [2.75, 3.05) is 7.11 Å². The van der Waals surface area contributed by atoms with E-state index in [9.17, 15) is 0 Å². The Kier molecular flexibility index (Phi) is 4.36. The number of hydrogen-bond acceptors (Lipinski definition) is 5. The zero-order chi connectivity index (χ0) is 15.5. The number of hydroxylamine groups is 2. The summed E-state index contributed by atoms with van der Waals surface area (Å²) < 4.78 is 5.19. The van der Waals surface area contributed by atoms with Crippen molar-refractivity contribution in [3.63, 3.8) is 0 Å². The zero-order valence-electron chi connectivity index (χ0n) is 12.8. The fraction of sp³-hybridized carbons (Fsp3) is 0.294. The van der Waals surface area contributed by atoms with Gasteiger partial charge in [0.25, 0.3) is 0 Å². The van der Waals surface area contributed by atoms with Gasteiger partial charge in [-0.1, -0.05) is 19.1 Å². The molecule has 0 spiro atoms. The van der Waals surface area contributed by atoms with Crippen molar-refractivity contribution in [3.05, 3.63) is 63.7 Å². The minimum Gasteiger partial charge on any atom is -0.497 e. The molecule has 0 aliphatic carbocycles. The number of ether oxygens (including phenoxy) is 1. The molecule has 22 heavy (non-hydrogen) atoms. The van der Waals surface area contributed by atoms with E-state index in [1.807, 2.05) is 46.7 Å². The molecular formula is C17H20N2O2S. The fourth-order valence-electron chi connectivity index (χ4n) is 2.47. The second-order valence-electron chi connectivity index (χ2n) is 5.19. The molecule has 1 atom stereocenters. The van der Waals surface area contributed by atoms with E-state index < -0.39 is 0 Å². The van der Waals surface area contributed by atoms with Crippen LogP contribution in [0, 0.1) is 0 Å². The average molecular weight is 316 g/mol. The Morgan fingerprint density at radius 1 is 1.23 bits per heavy atom. The summed E-state index contributed by atoms with van der Waals surface area (Å²) in [5.41, 5.74) is 7.03. The molecule has 4 nitrogen and oxygen atoms in total. The number of nitrogens with two attached hydrogens (primary N) is 1. The molecule has 1 aliphatic heterocycles. The van der Waals surface area contributed by atoms with E-state index in [2.05, 4.69) is 19.1 Å². The van der Waals surface area contributed by atoms with E-state index in [1.54, 1.807) is 7.11 Å². The Labute approximate surface area is 134 Å². The van der Waals surface area contributed by atoms with Gasteiger partial charge in [-0.2, -0.15) is 0 Å². The van der Waals surface area contributed by atoms with Crippen LogP contribution in [-0.2, 0) is 17.8 Å². The molecule has 0 fully saturated rings. The first kappa shape index (κ1) is 14.9. The summed E-state index contributed by atoms with van der Waals surface area (Å²) in [6, 6.07) is 12.4. The molecular weight excluding hydrogens is 296 g/mol. The predicted molar refractivity (Wildman–Crippen MR) is 88.3 cm³/mol. The molecule has 1 aromatic carbocycles. The van der Waals surface area contributed by atoms with Crippen LogP contribution in [0.1, 0.15) is 28.3 Å². The second kappa shape index (κ2) is 6.42. The number of aryl methyl sites for hydroxylation is 1. The quantitative estimate of drug-likeness (QED) is 0.915. The third-order valence-corrected chi connectivity index (χ3v) is 4.98. The van der Waals surface area contributed by atoms with Crippen molar-refractivity contribution in [1.82, 2.24) is 5.06 Å². The Bertz CT molecular complexity index is 664. The minimum absolute atomic E-state index is 0.0763. The summed E-state index contributed by atoms with van der Waals surface area (Å²) in [6.07, 6.45) is 3.02. The van der Waals surface area contributed by atoms with Crippen LogP contribution in [0.15, 0.2) is 48.4 Å². The molecule has 1 aliphatic rings. The molecule has 0 saturated carbocycles. The molecule has 2 N–H and O–H groups in total. The average Bonchev–Trinajstić information content (AvgIpc) is 3.14. The number of nitrogens with zero attached hydrogens (tertiary/aromatic N) is 1. The number of methoxy groups -OCH3 is 1. The first-order valence-electron chi connectivity index (χ1n) is 7.33. The summed E-state index contributed by atoms with van der Waals surface area (Å²) in [7, 11) is 1.67. The Balaban J connectivity index is 1.76. The predicted octanol–water partition coefficient (Wildman–Crippen LogP) is 3.61. The van der Waals surface area contributed by atoms with Crippen molar-refractivity contribution in [3.8, 4) is 5.75 Å². The van der Waals surface area contributed by atoms with Crippen LogP contribution in [0.5, 0.6) is 5.75 Å². The van der Waals surface area contributed by atoms with Gasteiger partial charge in [-0.15, -0.1) is 16.4 Å². The van der Waals surface area contributed by atoms with Crippen LogP contribution < -0.4 is 10.5 Å². The van der Waals surface area contributed by atoms with E-state index >= 15 is 0 Å². The van der Waals surface area contributed by atoms with Gasteiger partial charge in [-0.05, 0) is 36.2 Å². The maximum Gasteiger partial charge on any atom is 0.207 e. The maximum atomic E-state index is 5.87. The minimum atomic E-state index is 0.0763. The highest BCUT2D eigenvalue weighted by Gasteiger charge is 2.28. The summed E-state index contributed by atoms with van der Waals surface area (Å²) in [5, 5.41) is 1.92. The summed E-state index contributed by atoms with van der Waals surface area (Å²) >= 11 is 1.81. The molecule has 5 heteroatoms. The summed E-state index contributed by atoms with van der Waals surface area (Å²) in [5.74, 6) is 1.32. The van der Waals surface area contributed by atoms with Gasteiger partial charge in [0.2, 0.25) is 5.88 Å². The van der Waals surface area contributed by atoms with Crippen LogP contribution in [0.25, 0.3) is 0 Å². The van der Waals surface area contributed by atoms with Crippen molar-refractivity contribution in [1.29, 1.82) is 0 Å². The molecule has 0 amide bonds. The Hall–Kier alpha value is -1.98. The van der Waals surface area contributed by atoms with Crippen LogP contribution in [0.3, 0.4) is 0 Å². The molecule has 2 heterocycles. The van der Waals surface area contributed by atoms with Crippen LogP contribution in [0.2, 0.25) is 0 Å². The fourth-order valence-corrected chi connectivity index (χ4v) is 3.50. The van der Waals surface area contributed by atoms with Gasteiger partial charge in [-0.25, -0.2) is 0 Å². The smallest absolute Gasteiger partial charge is 0.207 e. The Morgan fingerprint density at radius 3 is 2.64 bits per heavy atom. The molecule has 116 valence electrons. The van der Waals surface area contributed by atoms with Gasteiger partial charge in [0, 0.05) is 15.8 Å². The first-order chi connectivity index (χ1) is 10.7. The monoisotopic (exact) mass is 316 g/mol. The molecule has 3 rings (SSSR count). The lowest BCUT2D eigenvalue weighted by molar-refractivity contribution is -0.127. The van der Waals surface area contributed by atoms with Gasteiger partial charge in [0.05, 0.1) is 13.7 Å². The third-order valence-electron chi connectivity index (χ3n) is 3.67. The lowest BCUT2D eigenvalue weighted by Gasteiger charge is -2.22. The Morgan fingerprint density at radius 2 is 2.00 bits per heavy atom. The van der Waals surface area contributed by atoms with Crippen LogP contribution in [0.4, 0.5) is 0 Å². The normalized spacial score (nSPS) is 18.1. The van der Waals surface area contributed by atoms with Crippen molar-refractivity contribution in [2.24, 2.45) is 5.73 Å². The first-order valence-corrected chi connectivity index (χ1v) is 8.14. The summed E-state index contributed by atoms with van der Waals surface area (Å²) in [4.78, 5) is 8.31.